The van der Waals surface area contributed by atoms with Gasteiger partial charge in [-0.1, -0.05) is 25.4 Å². The Hall–Kier alpha value is -3.40. The van der Waals surface area contributed by atoms with Crippen molar-refractivity contribution in [3.63, 3.8) is 0 Å². The number of halogens is 1. The van der Waals surface area contributed by atoms with Crippen molar-refractivity contribution in [1.82, 2.24) is 19.9 Å². The van der Waals surface area contributed by atoms with Crippen molar-refractivity contribution in [1.29, 1.82) is 0 Å². The van der Waals surface area contributed by atoms with Gasteiger partial charge in [-0.05, 0) is 42.0 Å². The lowest BCUT2D eigenvalue weighted by Crippen LogP contribution is -2.24. The molecule has 2 N–H and O–H groups in total. The van der Waals surface area contributed by atoms with Crippen molar-refractivity contribution >= 4 is 23.2 Å². The summed E-state index contributed by atoms with van der Waals surface area (Å²) >= 11 is 6.51. The van der Waals surface area contributed by atoms with Gasteiger partial charge < -0.3 is 10.1 Å². The zero-order valence-corrected chi connectivity index (χ0v) is 17.9. The highest BCUT2D eigenvalue weighted by Gasteiger charge is 2.25. The second kappa shape index (κ2) is 8.03. The van der Waals surface area contributed by atoms with Crippen molar-refractivity contribution in [2.24, 2.45) is 7.05 Å². The van der Waals surface area contributed by atoms with E-state index < -0.39 is 11.7 Å². The van der Waals surface area contributed by atoms with Crippen LogP contribution in [0.4, 0.5) is 5.69 Å². The van der Waals surface area contributed by atoms with Crippen LogP contribution in [0.1, 0.15) is 53.5 Å². The van der Waals surface area contributed by atoms with E-state index in [0.29, 0.717) is 29.8 Å². The first-order valence-corrected chi connectivity index (χ1v) is 10.1. The number of carbonyl (C=O) groups is 1. The van der Waals surface area contributed by atoms with Crippen LogP contribution in [0.5, 0.6) is 11.6 Å². The van der Waals surface area contributed by atoms with Crippen LogP contribution in [0.2, 0.25) is 5.02 Å². The molecule has 1 aliphatic rings. The van der Waals surface area contributed by atoms with Gasteiger partial charge in [-0.15, -0.1) is 5.10 Å². The van der Waals surface area contributed by atoms with E-state index in [4.69, 9.17) is 16.3 Å². The van der Waals surface area contributed by atoms with Crippen LogP contribution in [0, 0.1) is 0 Å². The van der Waals surface area contributed by atoms with E-state index in [1.54, 1.807) is 19.2 Å². The summed E-state index contributed by atoms with van der Waals surface area (Å²) in [5, 5.41) is 10.6. The van der Waals surface area contributed by atoms with Crippen LogP contribution >= 0.6 is 11.6 Å². The first-order chi connectivity index (χ1) is 14.7. The number of aromatic amines is 1. The summed E-state index contributed by atoms with van der Waals surface area (Å²) in [6.07, 6.45) is 2.27. The number of nitrogens with one attached hydrogen (secondary N) is 2. The lowest BCUT2D eigenvalue weighted by atomic mass is 10.1. The predicted molar refractivity (Wildman–Crippen MR) is 112 cm³/mol. The maximum absolute atomic E-state index is 12.4. The van der Waals surface area contributed by atoms with Crippen molar-refractivity contribution in [2.45, 2.75) is 39.0 Å². The molecule has 2 heterocycles. The number of hydrogen-bond acceptors (Lipinski definition) is 7. The minimum Gasteiger partial charge on any atom is -0.436 e. The summed E-state index contributed by atoms with van der Waals surface area (Å²) in [6, 6.07) is 3.21. The maximum Gasteiger partial charge on any atom is 0.439 e. The Morgan fingerprint density at radius 1 is 1.29 bits per heavy atom. The molecule has 162 valence electrons. The summed E-state index contributed by atoms with van der Waals surface area (Å²) in [4.78, 5) is 37.9. The molecule has 0 aliphatic heterocycles. The number of benzene rings is 1. The Kier molecular flexibility index (Phi) is 5.40. The molecule has 3 aromatic rings. The van der Waals surface area contributed by atoms with E-state index in [9.17, 15) is 14.4 Å². The second-order valence-electron chi connectivity index (χ2n) is 7.57. The molecule has 1 aromatic carbocycles. The molecular formula is C20H20ClN5O5. The fraction of sp³-hybridized carbons (Fsp3) is 0.350. The molecule has 2 aromatic heterocycles. The molecule has 31 heavy (non-hydrogen) atoms. The third kappa shape index (κ3) is 3.98. The number of nitrogens with zero attached hydrogens (tertiary/aromatic N) is 3. The Morgan fingerprint density at radius 2 is 2.03 bits per heavy atom. The Balaban J connectivity index is 1.70. The third-order valence-corrected chi connectivity index (χ3v) is 5.39. The fourth-order valence-corrected chi connectivity index (χ4v) is 3.88. The molecule has 1 amide bonds. The third-order valence-electron chi connectivity index (χ3n) is 5.11. The van der Waals surface area contributed by atoms with Crippen molar-refractivity contribution < 1.29 is 14.1 Å². The van der Waals surface area contributed by atoms with Gasteiger partial charge in [0.25, 0.3) is 11.5 Å². The van der Waals surface area contributed by atoms with Gasteiger partial charge in [-0.3, -0.25) is 19.1 Å². The number of fused-ring (bicyclic) bond motifs is 1. The lowest BCUT2D eigenvalue weighted by molar-refractivity contribution is 0.101. The van der Waals surface area contributed by atoms with Gasteiger partial charge in [0.15, 0.2) is 5.75 Å². The highest BCUT2D eigenvalue weighted by molar-refractivity contribution is 6.32. The molecule has 0 atom stereocenters. The standard InChI is InChI=1S/C20H20ClN5O5/c1-9(2)12-7-15(24-26(3)19(12)28)30-16-11-6-4-5-10(11)14(8-13(16)21)22-18(27)17-23-20(29)31-25-17/h7-9H,4-6H2,1-3H3,(H,22,27)(H,23,25,29). The van der Waals surface area contributed by atoms with Crippen molar-refractivity contribution in [2.75, 3.05) is 5.32 Å². The summed E-state index contributed by atoms with van der Waals surface area (Å²) in [6.45, 7) is 3.84. The number of aromatic nitrogens is 4. The molecule has 0 saturated carbocycles. The molecular weight excluding hydrogens is 426 g/mol. The highest BCUT2D eigenvalue weighted by atomic mass is 35.5. The van der Waals surface area contributed by atoms with Gasteiger partial charge in [-0.25, -0.2) is 9.48 Å². The minimum absolute atomic E-state index is 0.00537. The number of aryl methyl sites for hydroxylation is 1. The Morgan fingerprint density at radius 3 is 2.71 bits per heavy atom. The number of carbonyl (C=O) groups excluding carboxylic acids is 1. The van der Waals surface area contributed by atoms with Crippen LogP contribution in [-0.4, -0.2) is 25.8 Å². The topological polar surface area (TPSA) is 132 Å². The smallest absolute Gasteiger partial charge is 0.436 e. The fourth-order valence-electron chi connectivity index (χ4n) is 3.62. The Bertz CT molecular complexity index is 1290. The SMILES string of the molecule is CC(C)c1cc(Oc2c(Cl)cc(NC(=O)c3noc(=O)[nH]3)c3c2CCC3)nn(C)c1=O. The zero-order valence-electron chi connectivity index (χ0n) is 17.1. The van der Waals surface area contributed by atoms with Gasteiger partial charge in [-0.2, -0.15) is 0 Å². The maximum atomic E-state index is 12.4. The van der Waals surface area contributed by atoms with Crippen LogP contribution in [0.3, 0.4) is 0 Å². The van der Waals surface area contributed by atoms with Gasteiger partial charge in [0.2, 0.25) is 11.7 Å². The normalized spacial score (nSPS) is 12.8. The zero-order chi connectivity index (χ0) is 22.3. The number of ether oxygens (including phenoxy) is 1. The number of hydrogen-bond donors (Lipinski definition) is 2. The summed E-state index contributed by atoms with van der Waals surface area (Å²) in [5.74, 6) is -0.954. The van der Waals surface area contributed by atoms with Gasteiger partial charge in [0.1, 0.15) is 0 Å². The number of amides is 1. The minimum atomic E-state index is -0.817. The van der Waals surface area contributed by atoms with E-state index >= 15 is 0 Å². The van der Waals surface area contributed by atoms with Crippen LogP contribution in [-0.2, 0) is 19.9 Å². The molecule has 0 fully saturated rings. The number of H-pyrrole nitrogens is 1. The van der Waals surface area contributed by atoms with Crippen LogP contribution < -0.4 is 21.4 Å². The van der Waals surface area contributed by atoms with E-state index in [1.165, 1.54) is 4.68 Å². The van der Waals surface area contributed by atoms with Crippen LogP contribution in [0.15, 0.2) is 26.2 Å². The molecule has 0 bridgehead atoms. The molecule has 0 radical (unpaired) electrons. The average Bonchev–Trinajstić information content (AvgIpc) is 3.36. The second-order valence-corrected chi connectivity index (χ2v) is 7.97. The van der Waals surface area contributed by atoms with Gasteiger partial charge in [0, 0.05) is 29.9 Å². The first-order valence-electron chi connectivity index (χ1n) is 9.72. The highest BCUT2D eigenvalue weighted by Crippen LogP contribution is 2.43. The van der Waals surface area contributed by atoms with Gasteiger partial charge >= 0.3 is 5.76 Å². The van der Waals surface area contributed by atoms with Crippen LogP contribution in [0.25, 0.3) is 0 Å². The molecule has 4 rings (SSSR count). The van der Waals surface area contributed by atoms with E-state index in [2.05, 4.69) is 25.1 Å². The molecule has 0 spiro atoms. The quantitative estimate of drug-likeness (QED) is 0.617. The summed E-state index contributed by atoms with van der Waals surface area (Å²) in [7, 11) is 1.57. The summed E-state index contributed by atoms with van der Waals surface area (Å²) in [5.41, 5.74) is 2.66. The molecule has 1 aliphatic carbocycles. The predicted octanol–water partition coefficient (Wildman–Crippen LogP) is 2.77. The lowest BCUT2D eigenvalue weighted by Gasteiger charge is -2.17. The van der Waals surface area contributed by atoms with Gasteiger partial charge in [0.05, 0.1) is 5.02 Å². The molecule has 0 unspecified atom stereocenters. The monoisotopic (exact) mass is 445 g/mol. The van der Waals surface area contributed by atoms with E-state index in [-0.39, 0.29) is 28.2 Å². The van der Waals surface area contributed by atoms with Crippen molar-refractivity contribution in [3.8, 4) is 11.6 Å². The van der Waals surface area contributed by atoms with E-state index in [1.807, 2.05) is 13.8 Å². The molecule has 11 heteroatoms. The Labute approximate surface area is 181 Å². The number of rotatable bonds is 5. The first kappa shape index (κ1) is 20.9. The summed E-state index contributed by atoms with van der Waals surface area (Å²) < 4.78 is 11.6. The number of anilines is 1. The van der Waals surface area contributed by atoms with E-state index in [0.717, 1.165) is 17.5 Å². The molecule has 0 saturated heterocycles. The average molecular weight is 446 g/mol. The van der Waals surface area contributed by atoms with Crippen molar-refractivity contribution in [3.05, 3.63) is 60.6 Å². The molecule has 10 nitrogen and oxygen atoms in total. The largest absolute Gasteiger partial charge is 0.439 e.